The molecule has 1 saturated heterocycles. The van der Waals surface area contributed by atoms with Crippen LogP contribution < -0.4 is 25.0 Å². The van der Waals surface area contributed by atoms with Crippen molar-refractivity contribution < 1.29 is 57.7 Å². The van der Waals surface area contributed by atoms with Gasteiger partial charge in [-0.3, -0.25) is 4.79 Å². The first-order valence-corrected chi connectivity index (χ1v) is 16.4. The number of fused-ring (bicyclic) bond motifs is 2. The Morgan fingerprint density at radius 1 is 0.922 bits per heavy atom. The van der Waals surface area contributed by atoms with E-state index in [-0.39, 0.29) is 28.6 Å². The van der Waals surface area contributed by atoms with E-state index in [1.54, 1.807) is 63.2 Å². The predicted molar refractivity (Wildman–Crippen MR) is 180 cm³/mol. The number of hydrogen-bond acceptors (Lipinski definition) is 13. The van der Waals surface area contributed by atoms with Crippen molar-refractivity contribution in [2.45, 2.75) is 69.5 Å². The van der Waals surface area contributed by atoms with Crippen LogP contribution in [0.15, 0.2) is 82.2 Å². The number of amides is 1. The quantitative estimate of drug-likeness (QED) is 0.186. The molecule has 4 N–H and O–H groups in total. The minimum absolute atomic E-state index is 0.0797. The van der Waals surface area contributed by atoms with E-state index in [0.29, 0.717) is 35.8 Å². The van der Waals surface area contributed by atoms with Crippen LogP contribution in [0.1, 0.15) is 26.3 Å². The van der Waals surface area contributed by atoms with Crippen molar-refractivity contribution in [3.05, 3.63) is 88.8 Å². The molecular formula is C37H39NO13. The van der Waals surface area contributed by atoms with Gasteiger partial charge in [-0.2, -0.15) is 0 Å². The van der Waals surface area contributed by atoms with Gasteiger partial charge in [0.15, 0.2) is 16.9 Å². The molecule has 6 rings (SSSR count). The fourth-order valence-corrected chi connectivity index (χ4v) is 5.64. The normalized spacial score (nSPS) is 22.1. The summed E-state index contributed by atoms with van der Waals surface area (Å²) in [5, 5.41) is 34.8. The molecular weight excluding hydrogens is 666 g/mol. The molecule has 14 nitrogen and oxygen atoms in total. The van der Waals surface area contributed by atoms with E-state index in [1.807, 2.05) is 6.07 Å². The van der Waals surface area contributed by atoms with Crippen LogP contribution in [0.3, 0.4) is 0 Å². The van der Waals surface area contributed by atoms with Gasteiger partial charge in [-0.1, -0.05) is 36.4 Å². The summed E-state index contributed by atoms with van der Waals surface area (Å²) in [6.45, 7) is 5.34. The molecule has 0 aliphatic carbocycles. The average Bonchev–Trinajstić information content (AvgIpc) is 3.10. The lowest BCUT2D eigenvalue weighted by atomic mass is 9.99. The second-order valence-electron chi connectivity index (χ2n) is 13.1. The molecule has 1 fully saturated rings. The molecule has 2 aliphatic heterocycles. The van der Waals surface area contributed by atoms with Gasteiger partial charge in [0.1, 0.15) is 73.5 Å². The fourth-order valence-electron chi connectivity index (χ4n) is 5.64. The number of aliphatic hydroxyl groups excluding tert-OH is 3. The molecule has 0 unspecified atom stereocenters. The van der Waals surface area contributed by atoms with Gasteiger partial charge in [-0.15, -0.1) is 0 Å². The van der Waals surface area contributed by atoms with Crippen LogP contribution >= 0.6 is 0 Å². The molecule has 270 valence electrons. The van der Waals surface area contributed by atoms with Crippen LogP contribution in [-0.4, -0.2) is 89.6 Å². The summed E-state index contributed by atoms with van der Waals surface area (Å²) in [6.07, 6.45) is -7.38. The molecule has 0 bridgehead atoms. The van der Waals surface area contributed by atoms with Crippen LogP contribution in [0.4, 0.5) is 4.79 Å². The molecule has 1 amide bonds. The third-order valence-electron chi connectivity index (χ3n) is 8.17. The Kier molecular flexibility index (Phi) is 10.5. The highest BCUT2D eigenvalue weighted by molar-refractivity contribution is 5.83. The SMILES string of the molecule is CC(C)(C)OC(=O)N[C@H](Cc1ccccc1)C(=O)OC[C@@H]1O[C@@H](Oc2ccc3c(=O)c(-c4ccc5c(c4)OCCO5)coc3c2)[C@@H](O)[C@H](O)[C@@H]1O. The maximum absolute atomic E-state index is 13.4. The van der Waals surface area contributed by atoms with Crippen molar-refractivity contribution in [1.29, 1.82) is 0 Å². The van der Waals surface area contributed by atoms with Crippen LogP contribution in [0.25, 0.3) is 22.1 Å². The first-order chi connectivity index (χ1) is 24.4. The van der Waals surface area contributed by atoms with E-state index in [4.69, 9.17) is 32.8 Å². The zero-order chi connectivity index (χ0) is 36.3. The smallest absolute Gasteiger partial charge is 0.408 e. The van der Waals surface area contributed by atoms with E-state index in [1.165, 1.54) is 24.5 Å². The number of benzene rings is 3. The van der Waals surface area contributed by atoms with Gasteiger partial charge >= 0.3 is 12.1 Å². The standard InChI is InChI=1S/C37H39NO13/c1-37(2,3)51-36(44)38-25(15-20-7-5-4-6-8-20)34(43)48-19-29-31(40)32(41)33(42)35(50-29)49-22-10-11-23-27(17-22)47-18-24(30(23)39)21-9-12-26-28(16-21)46-14-13-45-26/h4-12,16-18,25,29,31-33,35,40-42H,13-15,19H2,1-3H3,(H,38,44)/t25-,29+,31-,32-,33+,35-/m1/s1. The number of alkyl carbamates (subject to hydrolysis) is 1. The lowest BCUT2D eigenvalue weighted by Crippen LogP contribution is -2.60. The van der Waals surface area contributed by atoms with Crippen LogP contribution in [0.2, 0.25) is 0 Å². The Morgan fingerprint density at radius 3 is 2.41 bits per heavy atom. The summed E-state index contributed by atoms with van der Waals surface area (Å²) < 4.78 is 39.3. The van der Waals surface area contributed by atoms with E-state index in [9.17, 15) is 29.7 Å². The highest BCUT2D eigenvalue weighted by atomic mass is 16.7. The topological polar surface area (TPSA) is 192 Å². The van der Waals surface area contributed by atoms with Crippen molar-refractivity contribution in [2.75, 3.05) is 19.8 Å². The largest absolute Gasteiger partial charge is 0.486 e. The van der Waals surface area contributed by atoms with Crippen molar-refractivity contribution >= 4 is 23.0 Å². The highest BCUT2D eigenvalue weighted by Gasteiger charge is 2.46. The third kappa shape index (κ3) is 8.43. The highest BCUT2D eigenvalue weighted by Crippen LogP contribution is 2.34. The second-order valence-corrected chi connectivity index (χ2v) is 13.1. The lowest BCUT2D eigenvalue weighted by Gasteiger charge is -2.40. The molecule has 3 aromatic carbocycles. The number of hydrogen-bond donors (Lipinski definition) is 4. The van der Waals surface area contributed by atoms with E-state index in [2.05, 4.69) is 5.32 Å². The van der Waals surface area contributed by atoms with E-state index in [0.717, 1.165) is 5.56 Å². The summed E-state index contributed by atoms with van der Waals surface area (Å²) in [7, 11) is 0. The number of ether oxygens (including phenoxy) is 6. The minimum atomic E-state index is -1.74. The van der Waals surface area contributed by atoms with Gasteiger partial charge in [0.2, 0.25) is 6.29 Å². The first kappa shape index (κ1) is 35.7. The first-order valence-electron chi connectivity index (χ1n) is 16.4. The van der Waals surface area contributed by atoms with E-state index < -0.39 is 61.0 Å². The fraction of sp³-hybridized carbons (Fsp3) is 0.378. The van der Waals surface area contributed by atoms with Gasteiger partial charge in [0.05, 0.1) is 10.9 Å². The molecule has 3 heterocycles. The molecule has 0 spiro atoms. The Balaban J connectivity index is 1.13. The van der Waals surface area contributed by atoms with Crippen molar-refractivity contribution in [2.24, 2.45) is 0 Å². The zero-order valence-corrected chi connectivity index (χ0v) is 28.1. The molecule has 0 saturated carbocycles. The summed E-state index contributed by atoms with van der Waals surface area (Å²) in [6, 6.07) is 17.3. The molecule has 4 aromatic rings. The molecule has 14 heteroatoms. The van der Waals surface area contributed by atoms with Crippen molar-refractivity contribution in [1.82, 2.24) is 5.32 Å². The number of esters is 1. The van der Waals surface area contributed by atoms with Gasteiger partial charge < -0.3 is 53.5 Å². The maximum atomic E-state index is 13.4. The molecule has 51 heavy (non-hydrogen) atoms. The molecule has 1 aromatic heterocycles. The number of carbonyl (C=O) groups excluding carboxylic acids is 2. The lowest BCUT2D eigenvalue weighted by molar-refractivity contribution is -0.278. The Bertz CT molecular complexity index is 1920. The van der Waals surface area contributed by atoms with E-state index >= 15 is 0 Å². The van der Waals surface area contributed by atoms with Crippen LogP contribution in [-0.2, 0) is 25.4 Å². The summed E-state index contributed by atoms with van der Waals surface area (Å²) in [5.41, 5.74) is 0.686. The summed E-state index contributed by atoms with van der Waals surface area (Å²) >= 11 is 0. The van der Waals surface area contributed by atoms with Crippen LogP contribution in [0, 0.1) is 0 Å². The van der Waals surface area contributed by atoms with Crippen molar-refractivity contribution in [3.8, 4) is 28.4 Å². The average molecular weight is 706 g/mol. The number of rotatable bonds is 9. The van der Waals surface area contributed by atoms with Gasteiger partial charge in [0.25, 0.3) is 0 Å². The van der Waals surface area contributed by atoms with Gasteiger partial charge in [-0.25, -0.2) is 9.59 Å². The monoisotopic (exact) mass is 705 g/mol. The Morgan fingerprint density at radius 2 is 1.67 bits per heavy atom. The maximum Gasteiger partial charge on any atom is 0.408 e. The van der Waals surface area contributed by atoms with Crippen molar-refractivity contribution in [3.63, 3.8) is 0 Å². The minimum Gasteiger partial charge on any atom is -0.486 e. The summed E-state index contributed by atoms with van der Waals surface area (Å²) in [5.74, 6) is 0.381. The Labute approximate surface area is 292 Å². The van der Waals surface area contributed by atoms with Gasteiger partial charge in [0, 0.05) is 12.5 Å². The Hall–Kier alpha value is -5.15. The van der Waals surface area contributed by atoms with Crippen LogP contribution in [0.5, 0.6) is 17.2 Å². The second kappa shape index (κ2) is 15.0. The summed E-state index contributed by atoms with van der Waals surface area (Å²) in [4.78, 5) is 39.2. The predicted octanol–water partition coefficient (Wildman–Crippen LogP) is 3.10. The van der Waals surface area contributed by atoms with Gasteiger partial charge in [-0.05, 0) is 56.2 Å². The third-order valence-corrected chi connectivity index (χ3v) is 8.17. The number of aliphatic hydroxyl groups is 3. The molecule has 0 radical (unpaired) electrons. The molecule has 6 atom stereocenters. The number of carbonyl (C=O) groups is 2. The number of nitrogens with one attached hydrogen (secondary N) is 1. The zero-order valence-electron chi connectivity index (χ0n) is 28.1. The molecule has 2 aliphatic rings.